The minimum atomic E-state index is -4.16. The minimum absolute atomic E-state index is 0.0729. The van der Waals surface area contributed by atoms with Crippen LogP contribution in [0.15, 0.2) is 4.99 Å². The summed E-state index contributed by atoms with van der Waals surface area (Å²) >= 11 is 0. The minimum Gasteiger partial charge on any atom is -0.356 e. The topological polar surface area (TPSA) is 73.8 Å². The third-order valence-corrected chi connectivity index (χ3v) is 4.84. The van der Waals surface area contributed by atoms with Crippen LogP contribution in [0.4, 0.5) is 13.2 Å². The van der Waals surface area contributed by atoms with E-state index >= 15 is 0 Å². The molecule has 1 heterocycles. The average molecular weight is 372 g/mol. The second-order valence-electron chi connectivity index (χ2n) is 6.42. The third-order valence-electron chi connectivity index (χ3n) is 3.86. The lowest BCUT2D eigenvalue weighted by Gasteiger charge is -2.20. The van der Waals surface area contributed by atoms with Crippen molar-refractivity contribution in [2.45, 2.75) is 32.0 Å². The lowest BCUT2D eigenvalue weighted by Crippen LogP contribution is -2.44. The van der Waals surface area contributed by atoms with Gasteiger partial charge in [0.25, 0.3) is 0 Å². The number of aliphatic imine (C=N–C) groups is 1. The van der Waals surface area contributed by atoms with Crippen LogP contribution in [0.2, 0.25) is 0 Å². The lowest BCUT2D eigenvalue weighted by molar-refractivity contribution is -0.143. The summed E-state index contributed by atoms with van der Waals surface area (Å²) in [7, 11) is -1.41. The number of nitrogens with one attached hydrogen (secondary N) is 2. The number of likely N-dealkylation sites (tertiary alicyclic amines) is 1. The van der Waals surface area contributed by atoms with Crippen LogP contribution in [0, 0.1) is 5.92 Å². The van der Waals surface area contributed by atoms with E-state index in [1.807, 2.05) is 6.92 Å². The van der Waals surface area contributed by atoms with E-state index in [0.717, 1.165) is 0 Å². The molecule has 0 amide bonds. The highest BCUT2D eigenvalue weighted by molar-refractivity contribution is 7.90. The van der Waals surface area contributed by atoms with Gasteiger partial charge in [-0.1, -0.05) is 0 Å². The molecule has 142 valence electrons. The van der Waals surface area contributed by atoms with Crippen molar-refractivity contribution < 1.29 is 21.6 Å². The second-order valence-corrected chi connectivity index (χ2v) is 8.68. The molecule has 0 saturated carbocycles. The van der Waals surface area contributed by atoms with Crippen LogP contribution in [-0.4, -0.2) is 76.7 Å². The van der Waals surface area contributed by atoms with E-state index in [0.29, 0.717) is 38.4 Å². The number of nitrogens with zero attached hydrogens (tertiary/aromatic N) is 2. The van der Waals surface area contributed by atoms with Gasteiger partial charge >= 0.3 is 6.18 Å². The maximum absolute atomic E-state index is 12.4. The monoisotopic (exact) mass is 372 g/mol. The predicted molar refractivity (Wildman–Crippen MR) is 88.9 cm³/mol. The number of guanidine groups is 1. The Bertz CT molecular complexity index is 523. The first kappa shape index (κ1) is 21.0. The molecular weight excluding hydrogens is 345 g/mol. The van der Waals surface area contributed by atoms with Crippen LogP contribution in [0.25, 0.3) is 0 Å². The first-order chi connectivity index (χ1) is 11.0. The lowest BCUT2D eigenvalue weighted by atomic mass is 10.1. The zero-order chi connectivity index (χ0) is 18.4. The van der Waals surface area contributed by atoms with Gasteiger partial charge in [-0.3, -0.25) is 9.89 Å². The molecule has 1 aliphatic rings. The van der Waals surface area contributed by atoms with Crippen molar-refractivity contribution in [1.29, 1.82) is 0 Å². The molecule has 1 saturated heterocycles. The number of rotatable bonds is 7. The highest BCUT2D eigenvalue weighted by atomic mass is 32.2. The van der Waals surface area contributed by atoms with Gasteiger partial charge in [-0.2, -0.15) is 13.2 Å². The molecule has 2 atom stereocenters. The maximum atomic E-state index is 12.4. The number of hydrogen-bond donors (Lipinski definition) is 2. The highest BCUT2D eigenvalue weighted by Gasteiger charge is 2.34. The van der Waals surface area contributed by atoms with E-state index in [4.69, 9.17) is 0 Å². The van der Waals surface area contributed by atoms with Crippen molar-refractivity contribution in [3.05, 3.63) is 0 Å². The van der Waals surface area contributed by atoms with E-state index in [1.54, 1.807) is 7.05 Å². The molecule has 0 spiro atoms. The van der Waals surface area contributed by atoms with Gasteiger partial charge in [-0.05, 0) is 32.2 Å². The molecule has 0 aromatic rings. The molecule has 0 aliphatic carbocycles. The van der Waals surface area contributed by atoms with Crippen LogP contribution in [0.1, 0.15) is 19.8 Å². The van der Waals surface area contributed by atoms with Crippen LogP contribution < -0.4 is 10.6 Å². The standard InChI is InChI=1S/C14H27F3N4O2S/c1-11(5-7-24(3,22)23)20-13(18-2)19-8-12-4-6-21(9-12)10-14(15,16)17/h11-12H,4-10H2,1-3H3,(H2,18,19,20). The second kappa shape index (κ2) is 8.89. The van der Waals surface area contributed by atoms with E-state index < -0.39 is 22.6 Å². The van der Waals surface area contributed by atoms with Crippen LogP contribution in [-0.2, 0) is 9.84 Å². The molecule has 0 aromatic carbocycles. The average Bonchev–Trinajstić information content (AvgIpc) is 2.85. The highest BCUT2D eigenvalue weighted by Crippen LogP contribution is 2.22. The normalized spacial score (nSPS) is 21.8. The summed E-state index contributed by atoms with van der Waals surface area (Å²) in [6.07, 6.45) is -1.79. The van der Waals surface area contributed by atoms with Gasteiger partial charge in [0.15, 0.2) is 5.96 Å². The molecule has 2 unspecified atom stereocenters. The summed E-state index contributed by atoms with van der Waals surface area (Å²) in [4.78, 5) is 5.48. The van der Waals surface area contributed by atoms with Crippen molar-refractivity contribution in [2.75, 3.05) is 45.2 Å². The Labute approximate surface area is 141 Å². The van der Waals surface area contributed by atoms with E-state index in [1.165, 1.54) is 11.2 Å². The van der Waals surface area contributed by atoms with E-state index in [9.17, 15) is 21.6 Å². The van der Waals surface area contributed by atoms with Gasteiger partial charge in [0.05, 0.1) is 12.3 Å². The molecule has 10 heteroatoms. The molecule has 0 bridgehead atoms. The van der Waals surface area contributed by atoms with E-state index in [-0.39, 0.29) is 17.7 Å². The molecule has 1 rings (SSSR count). The smallest absolute Gasteiger partial charge is 0.356 e. The molecule has 1 aliphatic heterocycles. The Kier molecular flexibility index (Phi) is 7.78. The molecule has 24 heavy (non-hydrogen) atoms. The zero-order valence-electron chi connectivity index (χ0n) is 14.4. The predicted octanol–water partition coefficient (Wildman–Crippen LogP) is 0.859. The van der Waals surface area contributed by atoms with Gasteiger partial charge in [0.2, 0.25) is 0 Å². The van der Waals surface area contributed by atoms with Crippen molar-refractivity contribution in [2.24, 2.45) is 10.9 Å². The first-order valence-corrected chi connectivity index (χ1v) is 9.98. The Balaban J connectivity index is 2.32. The van der Waals surface area contributed by atoms with Gasteiger partial charge in [-0.15, -0.1) is 0 Å². The summed E-state index contributed by atoms with van der Waals surface area (Å²) < 4.78 is 59.4. The summed E-state index contributed by atoms with van der Waals surface area (Å²) in [5, 5.41) is 6.20. The molecular formula is C14H27F3N4O2S. The van der Waals surface area contributed by atoms with Crippen LogP contribution >= 0.6 is 0 Å². The summed E-state index contributed by atoms with van der Waals surface area (Å²) in [5.74, 6) is 0.759. The van der Waals surface area contributed by atoms with Crippen molar-refractivity contribution >= 4 is 15.8 Å². The Morgan fingerprint density at radius 1 is 1.42 bits per heavy atom. The number of alkyl halides is 3. The summed E-state index contributed by atoms with van der Waals surface area (Å²) in [6, 6.07) is -0.0729. The third kappa shape index (κ3) is 9.31. The fourth-order valence-electron chi connectivity index (χ4n) is 2.61. The summed E-state index contributed by atoms with van der Waals surface area (Å²) in [5.41, 5.74) is 0. The van der Waals surface area contributed by atoms with Crippen LogP contribution in [0.3, 0.4) is 0 Å². The van der Waals surface area contributed by atoms with Crippen molar-refractivity contribution in [3.63, 3.8) is 0 Å². The number of halogens is 3. The Morgan fingerprint density at radius 2 is 2.08 bits per heavy atom. The molecule has 2 N–H and O–H groups in total. The van der Waals surface area contributed by atoms with Gasteiger partial charge in [-0.25, -0.2) is 8.42 Å². The first-order valence-electron chi connectivity index (χ1n) is 7.92. The molecule has 0 aromatic heterocycles. The van der Waals surface area contributed by atoms with Gasteiger partial charge < -0.3 is 10.6 Å². The van der Waals surface area contributed by atoms with Crippen molar-refractivity contribution in [1.82, 2.24) is 15.5 Å². The number of sulfone groups is 1. The quantitative estimate of drug-likeness (QED) is 0.512. The maximum Gasteiger partial charge on any atom is 0.401 e. The number of hydrogen-bond acceptors (Lipinski definition) is 4. The largest absolute Gasteiger partial charge is 0.401 e. The fourth-order valence-corrected chi connectivity index (χ4v) is 3.39. The fraction of sp³-hybridized carbons (Fsp3) is 0.929. The molecule has 0 radical (unpaired) electrons. The Morgan fingerprint density at radius 3 is 2.62 bits per heavy atom. The zero-order valence-corrected chi connectivity index (χ0v) is 15.2. The SMILES string of the molecule is CN=C(NCC1CCN(CC(F)(F)F)C1)NC(C)CCS(C)(=O)=O. The van der Waals surface area contributed by atoms with Crippen LogP contribution in [0.5, 0.6) is 0 Å². The molecule has 6 nitrogen and oxygen atoms in total. The molecule has 1 fully saturated rings. The van der Waals surface area contributed by atoms with Gasteiger partial charge in [0, 0.05) is 32.4 Å². The summed E-state index contributed by atoms with van der Waals surface area (Å²) in [6.45, 7) is 2.39. The Hall–Kier alpha value is -1.03. The van der Waals surface area contributed by atoms with Crippen molar-refractivity contribution in [3.8, 4) is 0 Å². The van der Waals surface area contributed by atoms with E-state index in [2.05, 4.69) is 15.6 Å². The van der Waals surface area contributed by atoms with Gasteiger partial charge in [0.1, 0.15) is 9.84 Å².